The molecule has 1 aliphatic rings. The minimum atomic E-state index is -0.298. The highest BCUT2D eigenvalue weighted by molar-refractivity contribution is 6.34. The third-order valence-electron chi connectivity index (χ3n) is 2.68. The zero-order valence-electron chi connectivity index (χ0n) is 9.09. The molecule has 0 saturated carbocycles. The zero-order valence-corrected chi connectivity index (χ0v) is 9.85. The number of nitrogens with zero attached hydrogens (tertiary/aromatic N) is 1. The van der Waals surface area contributed by atoms with Gasteiger partial charge in [0.15, 0.2) is 0 Å². The smallest absolute Gasteiger partial charge is 0.148 e. The van der Waals surface area contributed by atoms with Crippen molar-refractivity contribution in [2.45, 2.75) is 0 Å². The molecular weight excluding hydrogens is 231 g/mol. The zero-order chi connectivity index (χ0) is 11.5. The molecule has 0 amide bonds. The lowest BCUT2D eigenvalue weighted by Gasteiger charge is -2.30. The van der Waals surface area contributed by atoms with Crippen molar-refractivity contribution in [3.05, 3.63) is 23.0 Å². The summed E-state index contributed by atoms with van der Waals surface area (Å²) in [6.45, 7) is 3.19. The van der Waals surface area contributed by atoms with Crippen LogP contribution in [0.3, 0.4) is 0 Å². The van der Waals surface area contributed by atoms with E-state index in [0.29, 0.717) is 16.5 Å². The van der Waals surface area contributed by atoms with Crippen LogP contribution in [0.25, 0.3) is 0 Å². The Morgan fingerprint density at radius 3 is 2.69 bits per heavy atom. The van der Waals surface area contributed by atoms with Crippen molar-refractivity contribution in [1.29, 1.82) is 0 Å². The topological polar surface area (TPSA) is 24.5 Å². The molecule has 0 aromatic heterocycles. The number of methoxy groups -OCH3 is 1. The Kier molecular flexibility index (Phi) is 3.51. The highest BCUT2D eigenvalue weighted by Gasteiger charge is 2.20. The van der Waals surface area contributed by atoms with E-state index >= 15 is 0 Å². The Morgan fingerprint density at radius 2 is 2.06 bits per heavy atom. The molecule has 0 unspecified atom stereocenters. The van der Waals surface area contributed by atoms with Crippen LogP contribution in [0.2, 0.25) is 5.02 Å². The van der Waals surface area contributed by atoms with Gasteiger partial charge in [-0.2, -0.15) is 0 Å². The summed E-state index contributed by atoms with van der Waals surface area (Å²) in [5, 5.41) is 3.56. The van der Waals surface area contributed by atoms with Crippen LogP contribution >= 0.6 is 11.6 Å². The van der Waals surface area contributed by atoms with E-state index in [0.717, 1.165) is 26.2 Å². The van der Waals surface area contributed by atoms with Crippen molar-refractivity contribution in [3.63, 3.8) is 0 Å². The average molecular weight is 245 g/mol. The van der Waals surface area contributed by atoms with Gasteiger partial charge >= 0.3 is 0 Å². The first-order valence-electron chi connectivity index (χ1n) is 5.21. The second kappa shape index (κ2) is 4.89. The van der Waals surface area contributed by atoms with Crippen LogP contribution in [0.5, 0.6) is 5.75 Å². The molecule has 0 bridgehead atoms. The highest BCUT2D eigenvalue weighted by atomic mass is 35.5. The van der Waals surface area contributed by atoms with E-state index in [2.05, 4.69) is 5.32 Å². The van der Waals surface area contributed by atoms with Crippen molar-refractivity contribution in [1.82, 2.24) is 5.32 Å². The van der Waals surface area contributed by atoms with Gasteiger partial charge in [0, 0.05) is 26.2 Å². The number of rotatable bonds is 2. The molecule has 3 nitrogen and oxygen atoms in total. The van der Waals surface area contributed by atoms with Crippen LogP contribution in [0.15, 0.2) is 12.1 Å². The van der Waals surface area contributed by atoms with Gasteiger partial charge in [-0.1, -0.05) is 11.6 Å². The first-order valence-corrected chi connectivity index (χ1v) is 5.59. The molecule has 0 aliphatic carbocycles. The van der Waals surface area contributed by atoms with Gasteiger partial charge in [-0.05, 0) is 12.1 Å². The van der Waals surface area contributed by atoms with Crippen molar-refractivity contribution < 1.29 is 9.13 Å². The molecule has 0 atom stereocenters. The third kappa shape index (κ3) is 2.08. The van der Waals surface area contributed by atoms with Crippen molar-refractivity contribution in [3.8, 4) is 5.75 Å². The Bertz CT molecular complexity index is 380. The molecular formula is C11H14ClFN2O. The SMILES string of the molecule is COc1ccc(F)c(N2CCNCC2)c1Cl. The minimum absolute atomic E-state index is 0.298. The van der Waals surface area contributed by atoms with Crippen LogP contribution in [-0.2, 0) is 0 Å². The van der Waals surface area contributed by atoms with Gasteiger partial charge in [-0.15, -0.1) is 0 Å². The molecule has 0 radical (unpaired) electrons. The number of piperazine rings is 1. The van der Waals surface area contributed by atoms with E-state index in [9.17, 15) is 4.39 Å². The molecule has 1 aromatic carbocycles. The lowest BCUT2D eigenvalue weighted by Crippen LogP contribution is -2.44. The largest absolute Gasteiger partial charge is 0.495 e. The average Bonchev–Trinajstić information content (AvgIpc) is 2.31. The first kappa shape index (κ1) is 11.5. The van der Waals surface area contributed by atoms with Crippen molar-refractivity contribution >= 4 is 17.3 Å². The summed E-state index contributed by atoms with van der Waals surface area (Å²) in [5.74, 6) is 0.212. The molecule has 0 spiro atoms. The lowest BCUT2D eigenvalue weighted by atomic mass is 10.2. The number of anilines is 1. The number of ether oxygens (including phenoxy) is 1. The summed E-state index contributed by atoms with van der Waals surface area (Å²) in [5.41, 5.74) is 0.447. The highest BCUT2D eigenvalue weighted by Crippen LogP contribution is 2.36. The van der Waals surface area contributed by atoms with Gasteiger partial charge in [-0.25, -0.2) is 4.39 Å². The van der Waals surface area contributed by atoms with Crippen molar-refractivity contribution in [2.24, 2.45) is 0 Å². The Hall–Kier alpha value is -1.00. The summed E-state index contributed by atoms with van der Waals surface area (Å²) < 4.78 is 18.8. The van der Waals surface area contributed by atoms with E-state index in [4.69, 9.17) is 16.3 Å². The summed E-state index contributed by atoms with van der Waals surface area (Å²) in [4.78, 5) is 1.94. The van der Waals surface area contributed by atoms with Crippen LogP contribution < -0.4 is 15.0 Å². The van der Waals surface area contributed by atoms with Crippen LogP contribution in [0.4, 0.5) is 10.1 Å². The van der Waals surface area contributed by atoms with Gasteiger partial charge in [0.05, 0.1) is 12.8 Å². The molecule has 2 rings (SSSR count). The summed E-state index contributed by atoms with van der Waals surface area (Å²) in [6, 6.07) is 2.94. The predicted molar refractivity (Wildman–Crippen MR) is 63.0 cm³/mol. The lowest BCUT2D eigenvalue weighted by molar-refractivity contribution is 0.413. The Labute approximate surface area is 99.1 Å². The Morgan fingerprint density at radius 1 is 1.38 bits per heavy atom. The molecule has 1 heterocycles. The van der Waals surface area contributed by atoms with Crippen LogP contribution in [0.1, 0.15) is 0 Å². The summed E-state index contributed by atoms with van der Waals surface area (Å²) in [7, 11) is 1.53. The monoisotopic (exact) mass is 244 g/mol. The predicted octanol–water partition coefficient (Wildman–Crippen LogP) is 1.90. The second-order valence-corrected chi connectivity index (χ2v) is 4.03. The number of nitrogens with one attached hydrogen (secondary N) is 1. The van der Waals surface area contributed by atoms with Crippen LogP contribution in [-0.4, -0.2) is 33.3 Å². The number of halogens is 2. The van der Waals surface area contributed by atoms with Crippen LogP contribution in [0, 0.1) is 5.82 Å². The molecule has 16 heavy (non-hydrogen) atoms. The van der Waals surface area contributed by atoms with E-state index in [-0.39, 0.29) is 5.82 Å². The maximum Gasteiger partial charge on any atom is 0.148 e. The summed E-state index contributed by atoms with van der Waals surface area (Å²) in [6.07, 6.45) is 0. The second-order valence-electron chi connectivity index (χ2n) is 3.65. The third-order valence-corrected chi connectivity index (χ3v) is 3.05. The molecule has 5 heteroatoms. The fourth-order valence-electron chi connectivity index (χ4n) is 1.86. The standard InChI is InChI=1S/C11H14ClFN2O/c1-16-9-3-2-8(13)11(10(9)12)15-6-4-14-5-7-15/h2-3,14H,4-7H2,1H3. The molecule has 88 valence electrons. The fourth-order valence-corrected chi connectivity index (χ4v) is 2.21. The maximum atomic E-state index is 13.7. The first-order chi connectivity index (χ1) is 7.74. The van der Waals surface area contributed by atoms with Gasteiger partial charge in [0.1, 0.15) is 16.6 Å². The van der Waals surface area contributed by atoms with Gasteiger partial charge in [0.2, 0.25) is 0 Å². The van der Waals surface area contributed by atoms with Gasteiger partial charge in [0.25, 0.3) is 0 Å². The fraction of sp³-hybridized carbons (Fsp3) is 0.455. The molecule has 1 N–H and O–H groups in total. The summed E-state index contributed by atoms with van der Waals surface area (Å²) >= 11 is 6.12. The number of hydrogen-bond donors (Lipinski definition) is 1. The maximum absolute atomic E-state index is 13.7. The Balaban J connectivity index is 2.37. The van der Waals surface area contributed by atoms with Gasteiger partial charge < -0.3 is 15.0 Å². The van der Waals surface area contributed by atoms with E-state index < -0.39 is 0 Å². The van der Waals surface area contributed by atoms with E-state index in [1.165, 1.54) is 13.2 Å². The quantitative estimate of drug-likeness (QED) is 0.860. The molecule has 1 aromatic rings. The van der Waals surface area contributed by atoms with E-state index in [1.807, 2.05) is 4.90 Å². The molecule has 1 saturated heterocycles. The number of benzene rings is 1. The van der Waals surface area contributed by atoms with Crippen molar-refractivity contribution in [2.75, 3.05) is 38.2 Å². The van der Waals surface area contributed by atoms with Gasteiger partial charge in [-0.3, -0.25) is 0 Å². The normalized spacial score (nSPS) is 16.3. The molecule has 1 aliphatic heterocycles. The minimum Gasteiger partial charge on any atom is -0.495 e. The van der Waals surface area contributed by atoms with E-state index in [1.54, 1.807) is 6.07 Å². The molecule has 1 fully saturated rings. The number of hydrogen-bond acceptors (Lipinski definition) is 3.